The summed E-state index contributed by atoms with van der Waals surface area (Å²) >= 11 is 0. The molecule has 9 rings (SSSR count). The van der Waals surface area contributed by atoms with Crippen molar-refractivity contribution >= 4 is 65.3 Å². The number of aryl methyl sites for hydroxylation is 2. The molecule has 3 nitrogen and oxygen atoms in total. The summed E-state index contributed by atoms with van der Waals surface area (Å²) in [5, 5.41) is 9.93. The molecule has 3 heteroatoms. The summed E-state index contributed by atoms with van der Waals surface area (Å²) < 4.78 is 11.3. The van der Waals surface area contributed by atoms with Gasteiger partial charge in [0.1, 0.15) is 16.8 Å². The van der Waals surface area contributed by atoms with Gasteiger partial charge in [-0.3, -0.25) is 0 Å². The number of hydrogen-bond acceptors (Lipinski definition) is 1. The summed E-state index contributed by atoms with van der Waals surface area (Å²) in [6.07, 6.45) is 0. The Balaban J connectivity index is 1.43. The monoisotopic (exact) mass is 539 g/mol. The minimum absolute atomic E-state index is 0.911. The molecule has 0 saturated carbocycles. The number of fused-ring (bicyclic) bond motifs is 10. The molecule has 0 N–H and O–H groups in total. The smallest absolute Gasteiger partial charge is 0.298 e. The van der Waals surface area contributed by atoms with E-state index in [-0.39, 0.29) is 0 Å². The zero-order valence-electron chi connectivity index (χ0n) is 23.4. The minimum Gasteiger partial charge on any atom is -0.455 e. The van der Waals surface area contributed by atoms with Crippen molar-refractivity contribution in [2.45, 2.75) is 6.92 Å². The van der Waals surface area contributed by atoms with Crippen LogP contribution in [0, 0.1) is 6.92 Å². The molecule has 0 aliphatic carbocycles. The number of nitrogens with zero attached hydrogens (tertiary/aromatic N) is 2. The predicted molar refractivity (Wildman–Crippen MR) is 174 cm³/mol. The number of imidazole rings is 1. The number of para-hydroxylation sites is 3. The molecular weight excluding hydrogens is 512 g/mol. The third kappa shape index (κ3) is 3.08. The van der Waals surface area contributed by atoms with E-state index in [2.05, 4.69) is 144 Å². The van der Waals surface area contributed by atoms with Gasteiger partial charge in [-0.15, -0.1) is 0 Å². The Morgan fingerprint density at radius 3 is 1.86 bits per heavy atom. The van der Waals surface area contributed by atoms with Crippen LogP contribution in [0.5, 0.6) is 0 Å². The van der Waals surface area contributed by atoms with Crippen LogP contribution in [0.1, 0.15) is 5.56 Å². The molecule has 0 radical (unpaired) electrons. The highest BCUT2D eigenvalue weighted by atomic mass is 16.3. The Morgan fingerprint density at radius 2 is 1.12 bits per heavy atom. The van der Waals surface area contributed by atoms with Crippen LogP contribution in [0.2, 0.25) is 0 Å². The molecule has 0 aliphatic heterocycles. The fourth-order valence-corrected chi connectivity index (χ4v) is 7.06. The van der Waals surface area contributed by atoms with E-state index in [4.69, 9.17) is 4.42 Å². The fraction of sp³-hybridized carbons (Fsp3) is 0.0513. The number of benzene rings is 7. The van der Waals surface area contributed by atoms with E-state index < -0.39 is 0 Å². The molecule has 42 heavy (non-hydrogen) atoms. The molecule has 0 amide bonds. The molecule has 0 fully saturated rings. The average Bonchev–Trinajstić information content (AvgIpc) is 3.56. The maximum Gasteiger partial charge on any atom is 0.298 e. The highest BCUT2D eigenvalue weighted by Gasteiger charge is 2.30. The van der Waals surface area contributed by atoms with Gasteiger partial charge < -0.3 is 4.42 Å². The first kappa shape index (κ1) is 23.3. The van der Waals surface area contributed by atoms with Crippen molar-refractivity contribution < 1.29 is 8.98 Å². The summed E-state index contributed by atoms with van der Waals surface area (Å²) in [6, 6.07) is 45.9. The lowest BCUT2D eigenvalue weighted by molar-refractivity contribution is -0.633. The fourth-order valence-electron chi connectivity index (χ4n) is 7.06. The van der Waals surface area contributed by atoms with Crippen molar-refractivity contribution in [2.24, 2.45) is 7.05 Å². The first-order valence-corrected chi connectivity index (χ1v) is 14.4. The first-order chi connectivity index (χ1) is 20.7. The van der Waals surface area contributed by atoms with Crippen LogP contribution >= 0.6 is 0 Å². The first-order valence-electron chi connectivity index (χ1n) is 14.4. The van der Waals surface area contributed by atoms with Gasteiger partial charge in [0.25, 0.3) is 5.82 Å². The van der Waals surface area contributed by atoms with Crippen LogP contribution < -0.4 is 4.57 Å². The average molecular weight is 540 g/mol. The molecule has 0 saturated heterocycles. The Morgan fingerprint density at radius 1 is 0.548 bits per heavy atom. The van der Waals surface area contributed by atoms with Crippen molar-refractivity contribution in [3.8, 4) is 17.1 Å². The third-order valence-electron chi connectivity index (χ3n) is 8.98. The normalized spacial score (nSPS) is 12.0. The second-order valence-electron chi connectivity index (χ2n) is 11.3. The summed E-state index contributed by atoms with van der Waals surface area (Å²) in [7, 11) is 2.17. The molecule has 0 spiro atoms. The highest BCUT2D eigenvalue weighted by molar-refractivity contribution is 6.25. The van der Waals surface area contributed by atoms with E-state index >= 15 is 0 Å². The molecule has 7 aromatic carbocycles. The largest absolute Gasteiger partial charge is 0.455 e. The van der Waals surface area contributed by atoms with Gasteiger partial charge in [0.05, 0.1) is 7.05 Å². The van der Waals surface area contributed by atoms with Gasteiger partial charge in [-0.05, 0) is 81.2 Å². The standard InChI is InChI=1S/C39H27N2O/c1-24-19-21-32-31-15-7-10-18-36(31)42-38(32)37(24)39-40(2)34-16-8-9-17-35(34)41(39)25-20-22-30-28-13-4-3-11-26(28)27-12-5-6-14-29(27)33(30)23-25/h3-23H,1-2H3/q+1. The lowest BCUT2D eigenvalue weighted by atomic mass is 9.94. The Bertz CT molecular complexity index is 2510. The van der Waals surface area contributed by atoms with Gasteiger partial charge in [-0.2, -0.15) is 4.57 Å². The van der Waals surface area contributed by atoms with Crippen molar-refractivity contribution in [1.82, 2.24) is 4.57 Å². The van der Waals surface area contributed by atoms with Gasteiger partial charge in [-0.25, -0.2) is 4.57 Å². The van der Waals surface area contributed by atoms with E-state index in [1.807, 2.05) is 6.07 Å². The van der Waals surface area contributed by atoms with Gasteiger partial charge >= 0.3 is 0 Å². The zero-order valence-corrected chi connectivity index (χ0v) is 23.4. The molecule has 2 heterocycles. The number of furan rings is 1. The second-order valence-corrected chi connectivity index (χ2v) is 11.3. The summed E-state index contributed by atoms with van der Waals surface area (Å²) in [4.78, 5) is 0. The maximum absolute atomic E-state index is 6.61. The summed E-state index contributed by atoms with van der Waals surface area (Å²) in [5.74, 6) is 1.10. The molecule has 0 unspecified atom stereocenters. The SMILES string of the molecule is Cc1ccc2c(oc3ccccc32)c1-c1n(-c2ccc3c4ccccc4c4ccccc4c3c2)c2ccccc2[n+]1C. The molecule has 0 aliphatic rings. The molecule has 198 valence electrons. The van der Waals surface area contributed by atoms with Crippen LogP contribution in [-0.4, -0.2) is 4.57 Å². The minimum atomic E-state index is 0.911. The zero-order chi connectivity index (χ0) is 27.9. The molecule has 9 aromatic rings. The Kier molecular flexibility index (Phi) is 4.74. The number of hydrogen-bond donors (Lipinski definition) is 0. The number of aromatic nitrogens is 2. The van der Waals surface area contributed by atoms with E-state index in [0.717, 1.165) is 44.5 Å². The van der Waals surface area contributed by atoms with Crippen LogP contribution in [0.4, 0.5) is 0 Å². The van der Waals surface area contributed by atoms with E-state index in [1.54, 1.807) is 0 Å². The van der Waals surface area contributed by atoms with E-state index in [0.29, 0.717) is 0 Å². The molecular formula is C39H27N2O+. The van der Waals surface area contributed by atoms with Crippen LogP contribution in [-0.2, 0) is 7.05 Å². The van der Waals surface area contributed by atoms with Gasteiger partial charge in [0.15, 0.2) is 16.6 Å². The predicted octanol–water partition coefficient (Wildman–Crippen LogP) is 9.79. The van der Waals surface area contributed by atoms with Gasteiger partial charge in [0.2, 0.25) is 0 Å². The lowest BCUT2D eigenvalue weighted by Gasteiger charge is -2.12. The number of rotatable bonds is 2. The Labute approximate surface area is 242 Å². The molecule has 2 aromatic heterocycles. The summed E-state index contributed by atoms with van der Waals surface area (Å²) in [6.45, 7) is 2.18. The topological polar surface area (TPSA) is 21.9 Å². The maximum atomic E-state index is 6.61. The van der Waals surface area contributed by atoms with Crippen molar-refractivity contribution in [2.75, 3.05) is 0 Å². The molecule has 0 bridgehead atoms. The van der Waals surface area contributed by atoms with Crippen molar-refractivity contribution in [3.63, 3.8) is 0 Å². The van der Waals surface area contributed by atoms with E-state index in [1.165, 1.54) is 43.4 Å². The Hall–Kier alpha value is -5.41. The van der Waals surface area contributed by atoms with Crippen LogP contribution in [0.3, 0.4) is 0 Å². The van der Waals surface area contributed by atoms with Crippen LogP contribution in [0.25, 0.3) is 82.4 Å². The van der Waals surface area contributed by atoms with Crippen molar-refractivity contribution in [3.05, 3.63) is 133 Å². The van der Waals surface area contributed by atoms with Gasteiger partial charge in [0, 0.05) is 10.8 Å². The second kappa shape index (κ2) is 8.55. The van der Waals surface area contributed by atoms with Gasteiger partial charge in [-0.1, -0.05) is 91.0 Å². The highest BCUT2D eigenvalue weighted by Crippen LogP contribution is 2.40. The lowest BCUT2D eigenvalue weighted by Crippen LogP contribution is -2.30. The van der Waals surface area contributed by atoms with Crippen LogP contribution in [0.15, 0.2) is 132 Å². The van der Waals surface area contributed by atoms with E-state index in [9.17, 15) is 0 Å². The summed E-state index contributed by atoms with van der Waals surface area (Å²) in [5.41, 5.74) is 7.59. The molecule has 0 atom stereocenters. The quantitative estimate of drug-likeness (QED) is 0.158. The van der Waals surface area contributed by atoms with Crippen molar-refractivity contribution in [1.29, 1.82) is 0 Å². The third-order valence-corrected chi connectivity index (χ3v) is 8.98.